The Morgan fingerprint density at radius 3 is 2.50 bits per heavy atom. The molecule has 1 aromatic rings. The first kappa shape index (κ1) is 14.4. The van der Waals surface area contributed by atoms with Gasteiger partial charge in [-0.1, -0.05) is 13.0 Å². The van der Waals surface area contributed by atoms with E-state index in [1.54, 1.807) is 0 Å². The highest BCUT2D eigenvalue weighted by Gasteiger charge is 2.46. The molecule has 1 fully saturated rings. The summed E-state index contributed by atoms with van der Waals surface area (Å²) in [5.41, 5.74) is -0.334. The zero-order valence-corrected chi connectivity index (χ0v) is 11.0. The number of rotatable bonds is 4. The summed E-state index contributed by atoms with van der Waals surface area (Å²) in [7, 11) is 0. The van der Waals surface area contributed by atoms with Gasteiger partial charge in [-0.25, -0.2) is 8.78 Å². The molecule has 1 N–H and O–H groups in total. The summed E-state index contributed by atoms with van der Waals surface area (Å²) >= 11 is 0. The van der Waals surface area contributed by atoms with E-state index in [1.165, 1.54) is 11.0 Å². The Morgan fingerprint density at radius 2 is 2.00 bits per heavy atom. The molecule has 0 saturated carbocycles. The summed E-state index contributed by atoms with van der Waals surface area (Å²) in [5.74, 6) is -4.37. The van der Waals surface area contributed by atoms with E-state index in [0.29, 0.717) is 6.42 Å². The van der Waals surface area contributed by atoms with Crippen molar-refractivity contribution in [3.8, 4) is 0 Å². The third-order valence-corrected chi connectivity index (χ3v) is 3.51. The number of amides is 1. The average Bonchev–Trinajstić information content (AvgIpc) is 2.68. The molecule has 1 saturated heterocycles. The predicted molar refractivity (Wildman–Crippen MR) is 66.8 cm³/mol. The van der Waals surface area contributed by atoms with E-state index in [-0.39, 0.29) is 24.4 Å². The van der Waals surface area contributed by atoms with Crippen molar-refractivity contribution in [2.24, 2.45) is 5.92 Å². The van der Waals surface area contributed by atoms with Gasteiger partial charge in [-0.2, -0.15) is 0 Å². The lowest BCUT2D eigenvalue weighted by molar-refractivity contribution is -0.142. The second-order valence-electron chi connectivity index (χ2n) is 4.82. The van der Waals surface area contributed by atoms with Gasteiger partial charge in [0, 0.05) is 18.5 Å². The molecule has 4 nitrogen and oxygen atoms in total. The van der Waals surface area contributed by atoms with Crippen molar-refractivity contribution < 1.29 is 23.5 Å². The minimum atomic E-state index is -1.22. The van der Waals surface area contributed by atoms with Crippen LogP contribution < -0.4 is 0 Å². The molecule has 108 valence electrons. The maximum absolute atomic E-state index is 13.9. The number of carboxylic acids is 1. The van der Waals surface area contributed by atoms with Crippen LogP contribution >= 0.6 is 0 Å². The quantitative estimate of drug-likeness (QED) is 0.922. The number of hydrogen-bond donors (Lipinski definition) is 1. The fraction of sp³-hybridized carbons (Fsp3) is 0.429. The molecule has 2 rings (SSSR count). The molecule has 1 aromatic carbocycles. The molecule has 20 heavy (non-hydrogen) atoms. The van der Waals surface area contributed by atoms with Crippen LogP contribution in [0.25, 0.3) is 0 Å². The summed E-state index contributed by atoms with van der Waals surface area (Å²) in [5, 5.41) is 9.21. The number of benzene rings is 1. The largest absolute Gasteiger partial charge is 0.481 e. The van der Waals surface area contributed by atoms with E-state index in [0.717, 1.165) is 12.1 Å². The van der Waals surface area contributed by atoms with Gasteiger partial charge < -0.3 is 10.0 Å². The standard InChI is InChI=1S/C14H15F2NO3/c1-2-6-17-11(18)7-8(14(19)20)13(17)12-9(15)4-3-5-10(12)16/h3-5,8,13H,2,6-7H2,1H3,(H,19,20). The van der Waals surface area contributed by atoms with Crippen LogP contribution in [0.15, 0.2) is 18.2 Å². The second kappa shape index (κ2) is 5.56. The zero-order chi connectivity index (χ0) is 14.9. The Balaban J connectivity index is 2.52. The highest BCUT2D eigenvalue weighted by atomic mass is 19.1. The topological polar surface area (TPSA) is 57.6 Å². The van der Waals surface area contributed by atoms with Crippen LogP contribution in [0, 0.1) is 17.6 Å². The second-order valence-corrected chi connectivity index (χ2v) is 4.82. The maximum Gasteiger partial charge on any atom is 0.309 e. The van der Waals surface area contributed by atoms with Crippen LogP contribution in [0.2, 0.25) is 0 Å². The van der Waals surface area contributed by atoms with Gasteiger partial charge in [0.2, 0.25) is 5.91 Å². The molecule has 2 unspecified atom stereocenters. The molecule has 1 heterocycles. The van der Waals surface area contributed by atoms with E-state index in [9.17, 15) is 23.5 Å². The third kappa shape index (κ3) is 2.37. The van der Waals surface area contributed by atoms with Crippen LogP contribution in [0.4, 0.5) is 8.78 Å². The number of hydrogen-bond acceptors (Lipinski definition) is 2. The number of halogens is 2. The summed E-state index contributed by atoms with van der Waals surface area (Å²) in [6.45, 7) is 2.09. The van der Waals surface area contributed by atoms with Crippen molar-refractivity contribution in [3.63, 3.8) is 0 Å². The molecule has 1 aliphatic heterocycles. The van der Waals surface area contributed by atoms with Crippen molar-refractivity contribution in [1.29, 1.82) is 0 Å². The Kier molecular flexibility index (Phi) is 4.01. The van der Waals surface area contributed by atoms with E-state index in [1.807, 2.05) is 6.92 Å². The monoisotopic (exact) mass is 283 g/mol. The highest BCUT2D eigenvalue weighted by Crippen LogP contribution is 2.40. The molecule has 6 heteroatoms. The number of likely N-dealkylation sites (tertiary alicyclic amines) is 1. The van der Waals surface area contributed by atoms with Crippen LogP contribution in [-0.2, 0) is 9.59 Å². The first-order chi connectivity index (χ1) is 9.47. The Morgan fingerprint density at radius 1 is 1.40 bits per heavy atom. The summed E-state index contributed by atoms with van der Waals surface area (Å²) in [4.78, 5) is 24.4. The number of nitrogens with zero attached hydrogens (tertiary/aromatic N) is 1. The molecule has 0 aromatic heterocycles. The first-order valence-corrected chi connectivity index (χ1v) is 6.43. The molecule has 0 spiro atoms. The number of carbonyl (C=O) groups excluding carboxylic acids is 1. The van der Waals surface area contributed by atoms with Gasteiger partial charge >= 0.3 is 5.97 Å². The van der Waals surface area contributed by atoms with E-state index >= 15 is 0 Å². The SMILES string of the molecule is CCCN1C(=O)CC(C(=O)O)C1c1c(F)cccc1F. The van der Waals surface area contributed by atoms with Gasteiger partial charge in [0.25, 0.3) is 0 Å². The molecule has 0 bridgehead atoms. The zero-order valence-electron chi connectivity index (χ0n) is 11.0. The van der Waals surface area contributed by atoms with Gasteiger partial charge in [-0.3, -0.25) is 9.59 Å². The van der Waals surface area contributed by atoms with Crippen molar-refractivity contribution in [1.82, 2.24) is 4.90 Å². The van der Waals surface area contributed by atoms with E-state index in [2.05, 4.69) is 0 Å². The smallest absolute Gasteiger partial charge is 0.309 e. The van der Waals surface area contributed by atoms with E-state index in [4.69, 9.17) is 0 Å². The van der Waals surface area contributed by atoms with Crippen LogP contribution in [0.1, 0.15) is 31.4 Å². The third-order valence-electron chi connectivity index (χ3n) is 3.51. The lowest BCUT2D eigenvalue weighted by Gasteiger charge is -2.27. The fourth-order valence-corrected chi connectivity index (χ4v) is 2.67. The Hall–Kier alpha value is -1.98. The Bertz CT molecular complexity index is 527. The summed E-state index contributed by atoms with van der Waals surface area (Å²) in [6.07, 6.45) is 0.360. The van der Waals surface area contributed by atoms with Crippen molar-refractivity contribution in [2.75, 3.05) is 6.54 Å². The van der Waals surface area contributed by atoms with Gasteiger partial charge in [0.05, 0.1) is 12.0 Å². The van der Waals surface area contributed by atoms with Crippen LogP contribution in [-0.4, -0.2) is 28.4 Å². The predicted octanol–water partition coefficient (Wildman–Crippen LogP) is 2.35. The number of carboxylic acid groups (broad SMARTS) is 1. The molecule has 1 aliphatic rings. The van der Waals surface area contributed by atoms with Crippen LogP contribution in [0.3, 0.4) is 0 Å². The average molecular weight is 283 g/mol. The minimum Gasteiger partial charge on any atom is -0.481 e. The number of aliphatic carboxylic acids is 1. The molecule has 0 aliphatic carbocycles. The van der Waals surface area contributed by atoms with Crippen molar-refractivity contribution in [3.05, 3.63) is 35.4 Å². The first-order valence-electron chi connectivity index (χ1n) is 6.43. The van der Waals surface area contributed by atoms with Crippen molar-refractivity contribution >= 4 is 11.9 Å². The molecular weight excluding hydrogens is 268 g/mol. The number of carbonyl (C=O) groups is 2. The lowest BCUT2D eigenvalue weighted by atomic mass is 9.93. The summed E-state index contributed by atoms with van der Waals surface area (Å²) < 4.78 is 27.8. The summed E-state index contributed by atoms with van der Waals surface area (Å²) in [6, 6.07) is 2.28. The van der Waals surface area contributed by atoms with Gasteiger partial charge in [0.15, 0.2) is 0 Å². The highest BCUT2D eigenvalue weighted by molar-refractivity contribution is 5.87. The lowest BCUT2D eigenvalue weighted by Crippen LogP contribution is -2.32. The van der Waals surface area contributed by atoms with E-state index < -0.39 is 29.6 Å². The maximum atomic E-state index is 13.9. The molecule has 0 radical (unpaired) electrons. The van der Waals surface area contributed by atoms with Gasteiger partial charge in [-0.15, -0.1) is 0 Å². The van der Waals surface area contributed by atoms with Crippen molar-refractivity contribution in [2.45, 2.75) is 25.8 Å². The molecule has 1 amide bonds. The van der Waals surface area contributed by atoms with Gasteiger partial charge in [-0.05, 0) is 18.6 Å². The molecule has 2 atom stereocenters. The van der Waals surface area contributed by atoms with Crippen LogP contribution in [0.5, 0.6) is 0 Å². The normalized spacial score (nSPS) is 22.4. The van der Waals surface area contributed by atoms with Gasteiger partial charge in [0.1, 0.15) is 11.6 Å². The fourth-order valence-electron chi connectivity index (χ4n) is 2.67. The minimum absolute atomic E-state index is 0.228. The Labute approximate surface area is 115 Å². The molecular formula is C14H15F2NO3.